The molecule has 0 saturated carbocycles. The molecule has 274 valence electrons. The number of fused-ring (bicyclic) bond motifs is 1. The number of rotatable bonds is 13. The summed E-state index contributed by atoms with van der Waals surface area (Å²) in [6.45, 7) is 5.90. The number of amidine groups is 1. The van der Waals surface area contributed by atoms with Crippen molar-refractivity contribution in [1.29, 1.82) is 0 Å². The smallest absolute Gasteiger partial charge is 0.285 e. The van der Waals surface area contributed by atoms with Gasteiger partial charge < -0.3 is 24.3 Å². The molecule has 0 bridgehead atoms. The van der Waals surface area contributed by atoms with Gasteiger partial charge in [-0.2, -0.15) is 4.99 Å². The Balaban J connectivity index is 1.24. The minimum atomic E-state index is -0.747. The van der Waals surface area contributed by atoms with E-state index in [9.17, 15) is 14.4 Å². The van der Waals surface area contributed by atoms with Crippen molar-refractivity contribution in [3.8, 4) is 23.0 Å². The van der Waals surface area contributed by atoms with Crippen molar-refractivity contribution in [1.82, 2.24) is 10.2 Å². The number of halogens is 1. The number of carbonyl (C=O) groups excluding carboxylic acids is 3. The third kappa shape index (κ3) is 8.84. The van der Waals surface area contributed by atoms with Crippen molar-refractivity contribution in [2.75, 3.05) is 19.7 Å². The van der Waals surface area contributed by atoms with Gasteiger partial charge >= 0.3 is 0 Å². The number of aliphatic imine (C=N–C) groups is 1. The summed E-state index contributed by atoms with van der Waals surface area (Å²) in [6.07, 6.45) is 8.10. The molecule has 0 aromatic heterocycles. The molecule has 0 saturated heterocycles. The monoisotopic (exact) mass is 805 g/mol. The van der Waals surface area contributed by atoms with Crippen LogP contribution in [0.3, 0.4) is 0 Å². The normalized spacial score (nSPS) is 14.8. The molecule has 4 aromatic rings. The Morgan fingerprint density at radius 3 is 2.37 bits per heavy atom. The number of allylic oxidation sites excluding steroid dienone is 4. The number of hydrogen-bond acceptors (Lipinski definition) is 8. The van der Waals surface area contributed by atoms with Gasteiger partial charge in [-0.15, -0.1) is 0 Å². The lowest BCUT2D eigenvalue weighted by Crippen LogP contribution is -2.42. The van der Waals surface area contributed by atoms with Gasteiger partial charge in [-0.3, -0.25) is 19.3 Å². The molecule has 54 heavy (non-hydrogen) atoms. The second-order valence-corrected chi connectivity index (χ2v) is 13.6. The number of thioether (sulfide) groups is 1. The third-order valence-corrected chi connectivity index (χ3v) is 9.95. The SMILES string of the molecule is C=C/C=C\C(=C/C)N1C(=O)/C(=C/c2cc(OC)c(OCc3ccc4c(c3)OCO4)cc2Br)C(=O)N=C1SCC(=O)NC(c1ccccc1)c1ccccc1. The number of methoxy groups -OCH3 is 1. The zero-order chi connectivity index (χ0) is 38.0. The highest BCUT2D eigenvalue weighted by molar-refractivity contribution is 9.10. The van der Waals surface area contributed by atoms with E-state index < -0.39 is 17.9 Å². The lowest BCUT2D eigenvalue weighted by Gasteiger charge is -2.28. The number of amides is 3. The minimum absolute atomic E-state index is 0.0685. The quantitative estimate of drug-likeness (QED) is 0.0818. The molecule has 0 fully saturated rings. The van der Waals surface area contributed by atoms with E-state index in [0.29, 0.717) is 38.7 Å². The number of nitrogens with zero attached hydrogens (tertiary/aromatic N) is 2. The lowest BCUT2D eigenvalue weighted by molar-refractivity contribution is -0.126. The number of benzene rings is 4. The largest absolute Gasteiger partial charge is 0.493 e. The fourth-order valence-corrected chi connectivity index (χ4v) is 6.92. The molecule has 0 radical (unpaired) electrons. The van der Waals surface area contributed by atoms with Crippen molar-refractivity contribution in [2.45, 2.75) is 19.6 Å². The average molecular weight is 807 g/mol. The summed E-state index contributed by atoms with van der Waals surface area (Å²) in [5, 5.41) is 3.17. The van der Waals surface area contributed by atoms with E-state index in [-0.39, 0.29) is 35.8 Å². The van der Waals surface area contributed by atoms with Gasteiger partial charge in [0.25, 0.3) is 11.8 Å². The molecule has 4 aromatic carbocycles. The van der Waals surface area contributed by atoms with Gasteiger partial charge in [0.2, 0.25) is 12.7 Å². The maximum atomic E-state index is 14.2. The zero-order valence-electron chi connectivity index (χ0n) is 29.5. The lowest BCUT2D eigenvalue weighted by atomic mass is 9.99. The van der Waals surface area contributed by atoms with Crippen LogP contribution in [0, 0.1) is 0 Å². The zero-order valence-corrected chi connectivity index (χ0v) is 31.9. The van der Waals surface area contributed by atoms with Crippen molar-refractivity contribution in [3.63, 3.8) is 0 Å². The fourth-order valence-electron chi connectivity index (χ4n) is 5.67. The predicted octanol–water partition coefficient (Wildman–Crippen LogP) is 8.16. The third-order valence-electron chi connectivity index (χ3n) is 8.33. The van der Waals surface area contributed by atoms with Crippen LogP contribution < -0.4 is 24.3 Å². The molecular formula is C42H36BrN3O7S. The molecule has 6 rings (SSSR count). The summed E-state index contributed by atoms with van der Waals surface area (Å²) in [5.74, 6) is 0.381. The van der Waals surface area contributed by atoms with Gasteiger partial charge in [-0.25, -0.2) is 0 Å². The predicted molar refractivity (Wildman–Crippen MR) is 213 cm³/mol. The second-order valence-electron chi connectivity index (χ2n) is 11.8. The maximum absolute atomic E-state index is 14.2. The summed E-state index contributed by atoms with van der Waals surface area (Å²) in [7, 11) is 1.50. The summed E-state index contributed by atoms with van der Waals surface area (Å²) in [5.41, 5.74) is 3.44. The fraction of sp³-hybridized carbons (Fsp3) is 0.143. The first-order valence-electron chi connectivity index (χ1n) is 16.8. The van der Waals surface area contributed by atoms with Crippen molar-refractivity contribution < 1.29 is 33.3 Å². The number of carbonyl (C=O) groups is 3. The van der Waals surface area contributed by atoms with Crippen molar-refractivity contribution in [3.05, 3.63) is 160 Å². The van der Waals surface area contributed by atoms with Gasteiger partial charge in [-0.1, -0.05) is 119 Å². The first-order chi connectivity index (χ1) is 26.3. The Labute approximate surface area is 326 Å². The summed E-state index contributed by atoms with van der Waals surface area (Å²) >= 11 is 4.56. The van der Waals surface area contributed by atoms with E-state index in [1.54, 1.807) is 43.4 Å². The number of hydrogen-bond donors (Lipinski definition) is 1. The molecule has 10 nitrogen and oxygen atoms in total. The highest BCUT2D eigenvalue weighted by Crippen LogP contribution is 2.37. The topological polar surface area (TPSA) is 116 Å². The van der Waals surface area contributed by atoms with Gasteiger partial charge in [-0.05, 0) is 65.6 Å². The molecule has 0 unspecified atom stereocenters. The number of ether oxygens (including phenoxy) is 4. The Hall–Kier alpha value is -5.85. The molecule has 1 N–H and O–H groups in total. The standard InChI is InChI=1S/C42H36BrN3O7S/c1-4-6-17-31(5-2)46-41(49)32(21-30-22-35(50-3)37(23-33(30)43)51-24-27-18-19-34-36(20-27)53-26-52-34)40(48)45-42(46)54-25-38(47)44-39(28-13-9-7-10-14-28)29-15-11-8-12-16-29/h4-23,39H,1,24-26H2,2-3H3,(H,44,47)/b17-6-,31-5+,32-21+. The van der Waals surface area contributed by atoms with Gasteiger partial charge in [0.1, 0.15) is 12.2 Å². The molecule has 2 heterocycles. The maximum Gasteiger partial charge on any atom is 0.285 e. The first kappa shape index (κ1) is 37.9. The Morgan fingerprint density at radius 1 is 1.00 bits per heavy atom. The van der Waals surface area contributed by atoms with E-state index in [2.05, 4.69) is 32.8 Å². The van der Waals surface area contributed by atoms with Crippen LogP contribution in [0.5, 0.6) is 23.0 Å². The van der Waals surface area contributed by atoms with Crippen LogP contribution in [0.1, 0.15) is 35.2 Å². The molecule has 2 aliphatic heterocycles. The molecule has 0 atom stereocenters. The van der Waals surface area contributed by atoms with E-state index in [4.69, 9.17) is 18.9 Å². The van der Waals surface area contributed by atoms with Crippen LogP contribution in [-0.2, 0) is 21.0 Å². The van der Waals surface area contributed by atoms with Crippen LogP contribution in [-0.4, -0.2) is 47.4 Å². The van der Waals surface area contributed by atoms with Crippen LogP contribution in [0.2, 0.25) is 0 Å². The van der Waals surface area contributed by atoms with Crippen LogP contribution in [0.15, 0.2) is 143 Å². The van der Waals surface area contributed by atoms with Crippen LogP contribution in [0.25, 0.3) is 6.08 Å². The number of nitrogens with one attached hydrogen (secondary N) is 1. The molecule has 0 spiro atoms. The Kier molecular flexibility index (Phi) is 12.5. The Bertz CT molecular complexity index is 2150. The minimum Gasteiger partial charge on any atom is -0.493 e. The van der Waals surface area contributed by atoms with E-state index in [1.165, 1.54) is 18.1 Å². The summed E-state index contributed by atoms with van der Waals surface area (Å²) in [4.78, 5) is 46.9. The Morgan fingerprint density at radius 2 is 1.70 bits per heavy atom. The van der Waals surface area contributed by atoms with E-state index in [0.717, 1.165) is 28.5 Å². The summed E-state index contributed by atoms with van der Waals surface area (Å²) < 4.78 is 23.1. The highest BCUT2D eigenvalue weighted by atomic mass is 79.9. The van der Waals surface area contributed by atoms with Crippen LogP contribution in [0.4, 0.5) is 0 Å². The van der Waals surface area contributed by atoms with Gasteiger partial charge in [0.15, 0.2) is 28.2 Å². The second kappa shape index (κ2) is 17.8. The first-order valence-corrected chi connectivity index (χ1v) is 18.6. The average Bonchev–Trinajstić information content (AvgIpc) is 3.67. The molecule has 2 aliphatic rings. The van der Waals surface area contributed by atoms with Crippen molar-refractivity contribution >= 4 is 56.7 Å². The molecular weight excluding hydrogens is 770 g/mol. The van der Waals surface area contributed by atoms with Gasteiger partial charge in [0.05, 0.1) is 18.9 Å². The van der Waals surface area contributed by atoms with Crippen LogP contribution >= 0.6 is 27.7 Å². The van der Waals surface area contributed by atoms with Crippen molar-refractivity contribution in [2.24, 2.45) is 4.99 Å². The van der Waals surface area contributed by atoms with E-state index >= 15 is 0 Å². The molecule has 12 heteroatoms. The van der Waals surface area contributed by atoms with Gasteiger partial charge in [0, 0.05) is 10.2 Å². The summed E-state index contributed by atoms with van der Waals surface area (Å²) in [6, 6.07) is 27.8. The molecule has 3 amide bonds. The molecule has 0 aliphatic carbocycles. The van der Waals surface area contributed by atoms with E-state index in [1.807, 2.05) is 78.9 Å². The highest BCUT2D eigenvalue weighted by Gasteiger charge is 2.35.